The summed E-state index contributed by atoms with van der Waals surface area (Å²) in [5, 5.41) is 7.86. The predicted molar refractivity (Wildman–Crippen MR) is 60.5 cm³/mol. The number of fused-ring (bicyclic) bond motifs is 1. The third kappa shape index (κ3) is 1.48. The Morgan fingerprint density at radius 1 is 1.38 bits per heavy atom. The van der Waals surface area contributed by atoms with E-state index in [1.807, 2.05) is 20.0 Å². The second-order valence-electron chi connectivity index (χ2n) is 4.40. The highest BCUT2D eigenvalue weighted by molar-refractivity contribution is 5.32. The first-order valence-corrected chi connectivity index (χ1v) is 5.65. The van der Waals surface area contributed by atoms with E-state index in [1.54, 1.807) is 4.52 Å². The van der Waals surface area contributed by atoms with Gasteiger partial charge in [0, 0.05) is 12.5 Å². The minimum Gasteiger partial charge on any atom is -0.316 e. The molecule has 1 saturated heterocycles. The van der Waals surface area contributed by atoms with E-state index in [0.29, 0.717) is 11.7 Å². The number of nitrogens with zero attached hydrogens (tertiary/aromatic N) is 4. The Labute approximate surface area is 93.9 Å². The number of hydrogen-bond donors (Lipinski definition) is 1. The van der Waals surface area contributed by atoms with E-state index in [9.17, 15) is 0 Å². The van der Waals surface area contributed by atoms with Gasteiger partial charge in [-0.25, -0.2) is 14.5 Å². The van der Waals surface area contributed by atoms with Gasteiger partial charge in [0.15, 0.2) is 0 Å². The summed E-state index contributed by atoms with van der Waals surface area (Å²) in [5.74, 6) is 1.21. The zero-order valence-electron chi connectivity index (χ0n) is 9.56. The molecule has 0 aromatic carbocycles. The van der Waals surface area contributed by atoms with Crippen LogP contribution >= 0.6 is 0 Å². The molecule has 1 fully saturated rings. The van der Waals surface area contributed by atoms with Crippen LogP contribution in [0.2, 0.25) is 0 Å². The highest BCUT2D eigenvalue weighted by Gasteiger charge is 2.21. The van der Waals surface area contributed by atoms with Crippen molar-refractivity contribution < 1.29 is 0 Å². The van der Waals surface area contributed by atoms with Crippen molar-refractivity contribution in [3.05, 3.63) is 23.3 Å². The minimum atomic E-state index is 0.495. The van der Waals surface area contributed by atoms with Crippen LogP contribution < -0.4 is 5.32 Å². The van der Waals surface area contributed by atoms with Crippen LogP contribution in [0.15, 0.2) is 6.20 Å². The fourth-order valence-corrected chi connectivity index (χ4v) is 2.30. The van der Waals surface area contributed by atoms with Gasteiger partial charge in [0.1, 0.15) is 0 Å². The summed E-state index contributed by atoms with van der Waals surface area (Å²) in [6.07, 6.45) is 3.05. The number of rotatable bonds is 1. The van der Waals surface area contributed by atoms with Gasteiger partial charge in [-0.3, -0.25) is 0 Å². The molecule has 0 bridgehead atoms. The maximum atomic E-state index is 4.63. The van der Waals surface area contributed by atoms with Gasteiger partial charge in [0.05, 0.1) is 23.3 Å². The van der Waals surface area contributed by atoms with Crippen LogP contribution in [0.4, 0.5) is 0 Å². The standard InChI is InChI=1S/C11H15N5/c1-7-6-16-11(13-7)14-10(8(2)15-16)9-3-4-12-5-9/h6,9,12H,3-5H2,1-2H3. The number of aromatic nitrogens is 4. The van der Waals surface area contributed by atoms with Crippen LogP contribution in [-0.2, 0) is 0 Å². The lowest BCUT2D eigenvalue weighted by Gasteiger charge is -2.09. The van der Waals surface area contributed by atoms with Crippen molar-refractivity contribution in [1.29, 1.82) is 0 Å². The van der Waals surface area contributed by atoms with Gasteiger partial charge in [-0.2, -0.15) is 5.10 Å². The Balaban J connectivity index is 2.12. The summed E-state index contributed by atoms with van der Waals surface area (Å²) in [6, 6.07) is 0. The van der Waals surface area contributed by atoms with E-state index >= 15 is 0 Å². The molecule has 5 nitrogen and oxygen atoms in total. The average molecular weight is 217 g/mol. The van der Waals surface area contributed by atoms with E-state index in [1.165, 1.54) is 0 Å². The molecule has 0 radical (unpaired) electrons. The van der Waals surface area contributed by atoms with E-state index in [-0.39, 0.29) is 0 Å². The first-order chi connectivity index (χ1) is 7.74. The molecule has 0 spiro atoms. The molecular weight excluding hydrogens is 202 g/mol. The first-order valence-electron chi connectivity index (χ1n) is 5.65. The second-order valence-corrected chi connectivity index (χ2v) is 4.40. The van der Waals surface area contributed by atoms with Crippen LogP contribution in [-0.4, -0.2) is 32.7 Å². The SMILES string of the molecule is Cc1cn2nc(C)c(C3CCNC3)nc2n1. The second kappa shape index (κ2) is 3.52. The summed E-state index contributed by atoms with van der Waals surface area (Å²) in [6.45, 7) is 6.06. The summed E-state index contributed by atoms with van der Waals surface area (Å²) in [7, 11) is 0. The lowest BCUT2D eigenvalue weighted by Crippen LogP contribution is -2.12. The predicted octanol–water partition coefficient (Wildman–Crippen LogP) is 0.818. The van der Waals surface area contributed by atoms with Gasteiger partial charge in [-0.05, 0) is 26.8 Å². The molecule has 3 heterocycles. The summed E-state index contributed by atoms with van der Waals surface area (Å²) in [4.78, 5) is 8.98. The van der Waals surface area contributed by atoms with Crippen molar-refractivity contribution in [3.63, 3.8) is 0 Å². The third-order valence-electron chi connectivity index (χ3n) is 3.09. The summed E-state index contributed by atoms with van der Waals surface area (Å²) < 4.78 is 1.76. The lowest BCUT2D eigenvalue weighted by molar-refractivity contribution is 0.700. The molecule has 0 amide bonds. The smallest absolute Gasteiger partial charge is 0.251 e. The molecule has 3 rings (SSSR count). The van der Waals surface area contributed by atoms with Crippen LogP contribution in [0.3, 0.4) is 0 Å². The highest BCUT2D eigenvalue weighted by Crippen LogP contribution is 2.22. The van der Waals surface area contributed by atoms with Crippen LogP contribution in [0.25, 0.3) is 5.78 Å². The lowest BCUT2D eigenvalue weighted by atomic mass is 10.0. The van der Waals surface area contributed by atoms with Crippen LogP contribution in [0.5, 0.6) is 0 Å². The van der Waals surface area contributed by atoms with Crippen molar-refractivity contribution in [3.8, 4) is 0 Å². The molecule has 84 valence electrons. The van der Waals surface area contributed by atoms with Gasteiger partial charge < -0.3 is 5.32 Å². The normalized spacial score (nSPS) is 20.8. The van der Waals surface area contributed by atoms with E-state index in [2.05, 4.69) is 20.4 Å². The zero-order valence-corrected chi connectivity index (χ0v) is 9.56. The van der Waals surface area contributed by atoms with Gasteiger partial charge in [0.2, 0.25) is 0 Å². The van der Waals surface area contributed by atoms with E-state index in [0.717, 1.165) is 36.6 Å². The summed E-state index contributed by atoms with van der Waals surface area (Å²) in [5.41, 5.74) is 3.07. The number of imidazole rings is 1. The summed E-state index contributed by atoms with van der Waals surface area (Å²) >= 11 is 0. The molecule has 1 aliphatic rings. The van der Waals surface area contributed by atoms with Crippen molar-refractivity contribution in [2.45, 2.75) is 26.2 Å². The third-order valence-corrected chi connectivity index (χ3v) is 3.09. The van der Waals surface area contributed by atoms with Crippen molar-refractivity contribution in [1.82, 2.24) is 24.9 Å². The maximum Gasteiger partial charge on any atom is 0.251 e. The molecule has 16 heavy (non-hydrogen) atoms. The largest absolute Gasteiger partial charge is 0.316 e. The fraction of sp³-hybridized carbons (Fsp3) is 0.545. The highest BCUT2D eigenvalue weighted by atomic mass is 15.3. The van der Waals surface area contributed by atoms with Gasteiger partial charge in [0.25, 0.3) is 5.78 Å². The van der Waals surface area contributed by atoms with Crippen molar-refractivity contribution in [2.24, 2.45) is 0 Å². The van der Waals surface area contributed by atoms with Crippen molar-refractivity contribution in [2.75, 3.05) is 13.1 Å². The molecule has 1 unspecified atom stereocenters. The number of hydrogen-bond acceptors (Lipinski definition) is 4. The molecule has 2 aromatic rings. The maximum absolute atomic E-state index is 4.63. The quantitative estimate of drug-likeness (QED) is 0.768. The monoisotopic (exact) mass is 217 g/mol. The minimum absolute atomic E-state index is 0.495. The zero-order chi connectivity index (χ0) is 11.1. The Bertz CT molecular complexity index is 524. The van der Waals surface area contributed by atoms with Gasteiger partial charge in [-0.15, -0.1) is 0 Å². The Morgan fingerprint density at radius 3 is 3.00 bits per heavy atom. The van der Waals surface area contributed by atoms with Crippen LogP contribution in [0.1, 0.15) is 29.4 Å². The molecule has 1 aliphatic heterocycles. The van der Waals surface area contributed by atoms with Gasteiger partial charge >= 0.3 is 0 Å². The van der Waals surface area contributed by atoms with Gasteiger partial charge in [-0.1, -0.05) is 0 Å². The number of aryl methyl sites for hydroxylation is 2. The Morgan fingerprint density at radius 2 is 2.25 bits per heavy atom. The first kappa shape index (κ1) is 9.72. The molecule has 5 heteroatoms. The molecule has 1 N–H and O–H groups in total. The molecule has 2 aromatic heterocycles. The number of nitrogens with one attached hydrogen (secondary N) is 1. The van der Waals surface area contributed by atoms with Crippen LogP contribution in [0, 0.1) is 13.8 Å². The Kier molecular flexibility index (Phi) is 2.14. The van der Waals surface area contributed by atoms with Crippen molar-refractivity contribution >= 4 is 5.78 Å². The van der Waals surface area contributed by atoms with E-state index in [4.69, 9.17) is 0 Å². The topological polar surface area (TPSA) is 55.1 Å². The Hall–Kier alpha value is -1.49. The fourth-order valence-electron chi connectivity index (χ4n) is 2.30. The molecular formula is C11H15N5. The molecule has 0 saturated carbocycles. The van der Waals surface area contributed by atoms with E-state index < -0.39 is 0 Å². The molecule has 0 aliphatic carbocycles. The molecule has 1 atom stereocenters. The average Bonchev–Trinajstić information content (AvgIpc) is 2.83.